The number of hydrogen-bond acceptors (Lipinski definition) is 10. The van der Waals surface area contributed by atoms with Crippen molar-refractivity contribution in [2.45, 2.75) is 77.7 Å². The highest BCUT2D eigenvalue weighted by molar-refractivity contribution is 5.81. The molecule has 234 valence electrons. The number of nitriles is 1. The molecule has 1 unspecified atom stereocenters. The molecule has 3 aliphatic rings. The summed E-state index contributed by atoms with van der Waals surface area (Å²) in [4.78, 5) is 14.8. The zero-order chi connectivity index (χ0) is 30.7. The number of aryl methyl sites for hydroxylation is 1. The van der Waals surface area contributed by atoms with Gasteiger partial charge in [-0.25, -0.2) is 4.98 Å². The number of rotatable bonds is 11. The molecule has 44 heavy (non-hydrogen) atoms. The fraction of sp³-hybridized carbons (Fsp3) is 0.588. The summed E-state index contributed by atoms with van der Waals surface area (Å²) in [7, 11) is 2.15. The average Bonchev–Trinajstić information content (AvgIpc) is 3.64. The molecule has 0 bridgehead atoms. The van der Waals surface area contributed by atoms with Crippen molar-refractivity contribution in [2.24, 2.45) is 5.41 Å². The third-order valence-corrected chi connectivity index (χ3v) is 9.55. The number of nitrogen functional groups attached to an aromatic ring is 1. The van der Waals surface area contributed by atoms with Crippen molar-refractivity contribution >= 4 is 11.5 Å². The molecule has 5 heterocycles. The number of likely N-dealkylation sites (tertiary alicyclic amines) is 1. The monoisotopic (exact) mass is 599 g/mol. The molecule has 3 fully saturated rings. The van der Waals surface area contributed by atoms with Crippen molar-refractivity contribution in [3.63, 3.8) is 0 Å². The molecule has 3 aromatic rings. The van der Waals surface area contributed by atoms with Gasteiger partial charge in [0.15, 0.2) is 17.3 Å². The minimum absolute atomic E-state index is 0.195. The van der Waals surface area contributed by atoms with Crippen LogP contribution in [0.4, 0.5) is 11.5 Å². The van der Waals surface area contributed by atoms with Gasteiger partial charge in [-0.2, -0.15) is 10.2 Å². The van der Waals surface area contributed by atoms with Crippen LogP contribution in [0.15, 0.2) is 22.7 Å². The molecule has 1 spiro atoms. The summed E-state index contributed by atoms with van der Waals surface area (Å²) in [6, 6.07) is 8.50. The van der Waals surface area contributed by atoms with Gasteiger partial charge >= 0.3 is 0 Å². The number of piperidine rings is 1. The van der Waals surface area contributed by atoms with Gasteiger partial charge < -0.3 is 29.5 Å². The second kappa shape index (κ2) is 13.1. The summed E-state index contributed by atoms with van der Waals surface area (Å²) >= 11 is 0. The lowest BCUT2D eigenvalue weighted by atomic mass is 9.78. The van der Waals surface area contributed by atoms with E-state index >= 15 is 0 Å². The van der Waals surface area contributed by atoms with E-state index in [4.69, 9.17) is 29.7 Å². The maximum atomic E-state index is 10.1. The largest absolute Gasteiger partial charge is 0.476 e. The highest BCUT2D eigenvalue weighted by atomic mass is 16.5. The molecule has 1 aromatic carbocycles. The Morgan fingerprint density at radius 2 is 2.00 bits per heavy atom. The third kappa shape index (κ3) is 6.00. The van der Waals surface area contributed by atoms with Crippen LogP contribution in [0.2, 0.25) is 0 Å². The van der Waals surface area contributed by atoms with Crippen molar-refractivity contribution in [2.75, 3.05) is 57.1 Å². The Morgan fingerprint density at radius 1 is 1.14 bits per heavy atom. The van der Waals surface area contributed by atoms with Gasteiger partial charge in [-0.05, 0) is 70.2 Å². The highest BCUT2D eigenvalue weighted by Crippen LogP contribution is 2.41. The molecule has 0 aliphatic carbocycles. The first kappa shape index (κ1) is 30.4. The van der Waals surface area contributed by atoms with Gasteiger partial charge in [-0.3, -0.25) is 0 Å². The number of nitrogens with two attached hydrogens (primary N) is 1. The molecular weight excluding hydrogens is 554 g/mol. The molecule has 3 saturated heterocycles. The Labute approximate surface area is 260 Å². The predicted molar refractivity (Wildman–Crippen MR) is 171 cm³/mol. The maximum Gasteiger partial charge on any atom is 0.219 e. The van der Waals surface area contributed by atoms with E-state index < -0.39 is 0 Å². The Hall–Kier alpha value is -3.68. The predicted octanol–water partition coefficient (Wildman–Crippen LogP) is 5.64. The lowest BCUT2D eigenvalue weighted by Gasteiger charge is -2.48. The van der Waals surface area contributed by atoms with E-state index in [1.165, 1.54) is 12.8 Å². The van der Waals surface area contributed by atoms with Crippen LogP contribution in [0.5, 0.6) is 5.88 Å². The topological polar surface area (TPSA) is 127 Å². The summed E-state index contributed by atoms with van der Waals surface area (Å²) in [6.07, 6.45) is 8.94. The van der Waals surface area contributed by atoms with E-state index in [0.29, 0.717) is 47.1 Å². The molecule has 0 amide bonds. The molecule has 0 saturated carbocycles. The van der Waals surface area contributed by atoms with E-state index in [9.17, 15) is 5.26 Å². The van der Waals surface area contributed by atoms with Crippen LogP contribution in [-0.4, -0.2) is 72.6 Å². The van der Waals surface area contributed by atoms with E-state index in [1.807, 2.05) is 18.2 Å². The van der Waals surface area contributed by atoms with E-state index in [1.54, 1.807) is 0 Å². The quantitative estimate of drug-likeness (QED) is 0.277. The van der Waals surface area contributed by atoms with Crippen molar-refractivity contribution in [1.29, 1.82) is 5.26 Å². The Morgan fingerprint density at radius 3 is 2.70 bits per heavy atom. The number of nitrogens with zero attached hydrogens (tertiary/aromatic N) is 6. The molecule has 10 heteroatoms. The number of anilines is 2. The molecule has 1 atom stereocenters. The van der Waals surface area contributed by atoms with Gasteiger partial charge in [-0.15, -0.1) is 0 Å². The van der Waals surface area contributed by atoms with Crippen molar-refractivity contribution in [3.05, 3.63) is 34.9 Å². The number of benzene rings is 1. The molecule has 10 nitrogen and oxygen atoms in total. The number of aromatic nitrogens is 3. The van der Waals surface area contributed by atoms with Crippen molar-refractivity contribution in [1.82, 2.24) is 20.0 Å². The summed E-state index contributed by atoms with van der Waals surface area (Å²) in [5.41, 5.74) is 10.6. The van der Waals surface area contributed by atoms with Crippen molar-refractivity contribution < 1.29 is 14.0 Å². The van der Waals surface area contributed by atoms with E-state index in [0.717, 1.165) is 100 Å². The lowest BCUT2D eigenvalue weighted by Crippen LogP contribution is -2.54. The molecule has 0 radical (unpaired) electrons. The normalized spacial score (nSPS) is 19.7. The zero-order valence-electron chi connectivity index (χ0n) is 26.4. The number of unbranched alkanes of at least 4 members (excludes halogenated alkanes) is 1. The van der Waals surface area contributed by atoms with Gasteiger partial charge in [0.2, 0.25) is 5.88 Å². The van der Waals surface area contributed by atoms with E-state index in [2.05, 4.69) is 41.9 Å². The minimum Gasteiger partial charge on any atom is -0.476 e. The fourth-order valence-corrected chi connectivity index (χ4v) is 6.94. The number of likely N-dealkylation sites (N-methyl/N-ethyl adjacent to an activating group) is 1. The first-order valence-corrected chi connectivity index (χ1v) is 16.3. The maximum absolute atomic E-state index is 10.1. The number of ether oxygens (including phenoxy) is 2. The standard InChI is InChI=1S/C34H45N7O3/c1-4-6-11-25-31(39-44-32(25)30-23(9-5-2)12-13-27(36)26(30)18-35)33-37-28(41-16-8-14-34(20-41)21-42-22-34)17-29(38-33)43-19-24-10-7-15-40(24)3/h12-13,17,24H,4-11,14-16,19-22,36H2,1-3H3. The summed E-state index contributed by atoms with van der Waals surface area (Å²) < 4.78 is 18.2. The summed E-state index contributed by atoms with van der Waals surface area (Å²) in [6.45, 7) is 9.37. The molecule has 6 rings (SSSR count). The van der Waals surface area contributed by atoms with Gasteiger partial charge in [0.1, 0.15) is 18.5 Å². The second-order valence-corrected chi connectivity index (χ2v) is 12.9. The molecule has 2 aromatic heterocycles. The van der Waals surface area contributed by atoms with Crippen LogP contribution in [0.1, 0.15) is 75.5 Å². The van der Waals surface area contributed by atoms with Crippen LogP contribution in [0.25, 0.3) is 22.8 Å². The van der Waals surface area contributed by atoms with Gasteiger partial charge in [-0.1, -0.05) is 37.9 Å². The Balaban J connectivity index is 1.44. The second-order valence-electron chi connectivity index (χ2n) is 12.9. The lowest BCUT2D eigenvalue weighted by molar-refractivity contribution is -0.117. The summed E-state index contributed by atoms with van der Waals surface area (Å²) in [5, 5.41) is 14.7. The van der Waals surface area contributed by atoms with Crippen LogP contribution in [0, 0.1) is 16.7 Å². The SMILES string of the molecule is CCCCc1c(-c2nc(OCC3CCCN3C)cc(N3CCCC4(COC4)C3)n2)noc1-c1c(CCC)ccc(N)c1C#N. The van der Waals surface area contributed by atoms with Crippen LogP contribution in [0.3, 0.4) is 0 Å². The molecule has 3 aliphatic heterocycles. The number of hydrogen-bond donors (Lipinski definition) is 1. The smallest absolute Gasteiger partial charge is 0.219 e. The Bertz CT molecular complexity index is 1510. The summed E-state index contributed by atoms with van der Waals surface area (Å²) in [5.74, 6) is 2.47. The van der Waals surface area contributed by atoms with Crippen molar-refractivity contribution in [3.8, 4) is 34.8 Å². The average molecular weight is 600 g/mol. The van der Waals surface area contributed by atoms with Gasteiger partial charge in [0, 0.05) is 41.7 Å². The van der Waals surface area contributed by atoms with Crippen LogP contribution < -0.4 is 15.4 Å². The Kier molecular flexibility index (Phi) is 9.06. The van der Waals surface area contributed by atoms with Crippen LogP contribution in [-0.2, 0) is 17.6 Å². The highest BCUT2D eigenvalue weighted by Gasteiger charge is 2.42. The molecule has 2 N–H and O–H groups in total. The van der Waals surface area contributed by atoms with E-state index in [-0.39, 0.29) is 5.41 Å². The fourth-order valence-electron chi connectivity index (χ4n) is 6.94. The van der Waals surface area contributed by atoms with Crippen LogP contribution >= 0.6 is 0 Å². The third-order valence-electron chi connectivity index (χ3n) is 9.55. The first-order valence-electron chi connectivity index (χ1n) is 16.3. The van der Waals surface area contributed by atoms with Gasteiger partial charge in [0.25, 0.3) is 0 Å². The minimum atomic E-state index is 0.195. The first-order chi connectivity index (χ1) is 21.4. The zero-order valence-corrected chi connectivity index (χ0v) is 26.4. The van der Waals surface area contributed by atoms with Gasteiger partial charge in [0.05, 0.1) is 24.5 Å². The molecular formula is C34H45N7O3.